The van der Waals surface area contributed by atoms with E-state index in [4.69, 9.17) is 21.1 Å². The highest BCUT2D eigenvalue weighted by atomic mass is 35.5. The second-order valence-electron chi connectivity index (χ2n) is 10.2. The first-order valence-corrected chi connectivity index (χ1v) is 12.9. The lowest BCUT2D eigenvalue weighted by molar-refractivity contribution is -0.136. The summed E-state index contributed by atoms with van der Waals surface area (Å²) in [5.41, 5.74) is 3.06. The van der Waals surface area contributed by atoms with Gasteiger partial charge in [0.1, 0.15) is 5.60 Å². The van der Waals surface area contributed by atoms with Crippen LogP contribution in [-0.2, 0) is 19.1 Å². The molecule has 0 fully saturated rings. The monoisotopic (exact) mass is 543 g/mol. The Morgan fingerprint density at radius 1 is 0.949 bits per heavy atom. The Labute approximate surface area is 233 Å². The molecule has 0 bridgehead atoms. The number of rotatable bonds is 6. The second-order valence-corrected chi connectivity index (χ2v) is 10.6. The van der Waals surface area contributed by atoms with Gasteiger partial charge in [0.2, 0.25) is 0 Å². The number of methoxy groups -OCH3 is 1. The number of nitrogens with zero attached hydrogens (tertiary/aromatic N) is 1. The van der Waals surface area contributed by atoms with Gasteiger partial charge in [-0.15, -0.1) is 0 Å². The number of esters is 1. The summed E-state index contributed by atoms with van der Waals surface area (Å²) in [5, 5.41) is 0.552. The van der Waals surface area contributed by atoms with Crippen LogP contribution in [0.15, 0.2) is 91.0 Å². The van der Waals surface area contributed by atoms with Crippen molar-refractivity contribution in [2.45, 2.75) is 38.7 Å². The van der Waals surface area contributed by atoms with Crippen LogP contribution in [0.1, 0.15) is 49.8 Å². The van der Waals surface area contributed by atoms with E-state index in [0.29, 0.717) is 27.4 Å². The molecule has 0 spiro atoms. The van der Waals surface area contributed by atoms with Crippen LogP contribution in [0.25, 0.3) is 11.1 Å². The minimum Gasteiger partial charge on any atom is -0.466 e. The van der Waals surface area contributed by atoms with Gasteiger partial charge >= 0.3 is 12.1 Å². The van der Waals surface area contributed by atoms with Crippen LogP contribution in [0.4, 0.5) is 10.5 Å². The van der Waals surface area contributed by atoms with Crippen LogP contribution in [-0.4, -0.2) is 30.7 Å². The standard InChI is InChI=1S/C32H30ClNO5/c1-20(30(36)38-5)25(22-15-17-23(33)18-16-22)19-26(21-11-7-6-8-12-21)28-24-13-9-10-14-27(24)34(29(28)35)31(37)39-32(2,3)4/h6-18,25H,1,19H2,2-5H3/b28-26-. The zero-order valence-corrected chi connectivity index (χ0v) is 23.1. The van der Waals surface area contributed by atoms with E-state index >= 15 is 0 Å². The van der Waals surface area contributed by atoms with Crippen molar-refractivity contribution in [3.05, 3.63) is 113 Å². The van der Waals surface area contributed by atoms with E-state index in [1.165, 1.54) is 7.11 Å². The zero-order chi connectivity index (χ0) is 28.3. The molecule has 39 heavy (non-hydrogen) atoms. The number of amides is 2. The number of carbonyl (C=O) groups excluding carboxylic acids is 3. The predicted octanol–water partition coefficient (Wildman–Crippen LogP) is 7.44. The molecule has 200 valence electrons. The highest BCUT2D eigenvalue weighted by molar-refractivity contribution is 6.43. The fourth-order valence-corrected chi connectivity index (χ4v) is 4.74. The lowest BCUT2D eigenvalue weighted by Gasteiger charge is -2.24. The second kappa shape index (κ2) is 11.3. The number of para-hydroxylation sites is 1. The van der Waals surface area contributed by atoms with Crippen molar-refractivity contribution in [3.8, 4) is 0 Å². The van der Waals surface area contributed by atoms with Crippen molar-refractivity contribution in [1.82, 2.24) is 0 Å². The quantitative estimate of drug-likeness (QED) is 0.239. The van der Waals surface area contributed by atoms with Crippen LogP contribution < -0.4 is 4.90 Å². The van der Waals surface area contributed by atoms with E-state index < -0.39 is 29.5 Å². The van der Waals surface area contributed by atoms with Gasteiger partial charge in [-0.1, -0.05) is 78.8 Å². The molecule has 1 heterocycles. The van der Waals surface area contributed by atoms with Crippen LogP contribution in [0.5, 0.6) is 0 Å². The molecule has 1 aliphatic rings. The number of hydrogen-bond acceptors (Lipinski definition) is 5. The van der Waals surface area contributed by atoms with Gasteiger partial charge in [0, 0.05) is 22.1 Å². The summed E-state index contributed by atoms with van der Waals surface area (Å²) in [5.74, 6) is -1.59. The molecule has 1 unspecified atom stereocenters. The number of ether oxygens (including phenoxy) is 2. The van der Waals surface area contributed by atoms with E-state index in [-0.39, 0.29) is 12.0 Å². The average molecular weight is 544 g/mol. The lowest BCUT2D eigenvalue weighted by atomic mass is 9.81. The first-order valence-electron chi connectivity index (χ1n) is 12.5. The highest BCUT2D eigenvalue weighted by Crippen LogP contribution is 2.45. The third-order valence-electron chi connectivity index (χ3n) is 6.38. The first kappa shape index (κ1) is 27.9. The molecule has 2 amide bonds. The number of allylic oxidation sites excluding steroid dienone is 1. The van der Waals surface area contributed by atoms with Crippen LogP contribution in [0.3, 0.4) is 0 Å². The van der Waals surface area contributed by atoms with Crippen molar-refractivity contribution in [3.63, 3.8) is 0 Å². The van der Waals surface area contributed by atoms with Crippen LogP contribution >= 0.6 is 11.6 Å². The van der Waals surface area contributed by atoms with Gasteiger partial charge in [0.05, 0.1) is 18.4 Å². The van der Waals surface area contributed by atoms with Gasteiger partial charge < -0.3 is 9.47 Å². The third kappa shape index (κ3) is 5.96. The van der Waals surface area contributed by atoms with Crippen LogP contribution in [0, 0.1) is 0 Å². The third-order valence-corrected chi connectivity index (χ3v) is 6.63. The largest absolute Gasteiger partial charge is 0.466 e. The maximum atomic E-state index is 14.1. The van der Waals surface area contributed by atoms with Crippen LogP contribution in [0.2, 0.25) is 5.02 Å². The Balaban J connectivity index is 1.93. The van der Waals surface area contributed by atoms with E-state index in [9.17, 15) is 14.4 Å². The molecule has 0 saturated heterocycles. The van der Waals surface area contributed by atoms with Gasteiger partial charge in [-0.05, 0) is 62.1 Å². The van der Waals surface area contributed by atoms with Gasteiger partial charge in [0.15, 0.2) is 0 Å². The smallest absolute Gasteiger partial charge is 0.422 e. The molecule has 0 aromatic heterocycles. The van der Waals surface area contributed by atoms with E-state index in [1.54, 1.807) is 45.0 Å². The van der Waals surface area contributed by atoms with E-state index in [2.05, 4.69) is 6.58 Å². The number of hydrogen-bond donors (Lipinski definition) is 0. The molecule has 3 aromatic rings. The molecule has 1 aliphatic heterocycles. The number of fused-ring (bicyclic) bond motifs is 1. The maximum absolute atomic E-state index is 14.1. The van der Waals surface area contributed by atoms with E-state index in [1.807, 2.05) is 54.6 Å². The Morgan fingerprint density at radius 3 is 2.18 bits per heavy atom. The van der Waals surface area contributed by atoms with Crippen molar-refractivity contribution in [1.29, 1.82) is 0 Å². The van der Waals surface area contributed by atoms with Crippen molar-refractivity contribution in [2.75, 3.05) is 12.0 Å². The van der Waals surface area contributed by atoms with Crippen molar-refractivity contribution in [2.24, 2.45) is 0 Å². The fraction of sp³-hybridized carbons (Fsp3) is 0.219. The summed E-state index contributed by atoms with van der Waals surface area (Å²) < 4.78 is 10.6. The SMILES string of the molecule is C=C(C(=O)OC)C(C/C(=C1/C(=O)N(C(=O)OC(C)(C)C)c2ccccc21)c1ccccc1)c1ccc(Cl)cc1. The van der Waals surface area contributed by atoms with Gasteiger partial charge in [-0.25, -0.2) is 14.5 Å². The Kier molecular flexibility index (Phi) is 8.07. The summed E-state index contributed by atoms with van der Waals surface area (Å²) in [4.78, 5) is 41.0. The summed E-state index contributed by atoms with van der Waals surface area (Å²) >= 11 is 6.14. The molecule has 0 N–H and O–H groups in total. The maximum Gasteiger partial charge on any atom is 0.422 e. The molecule has 0 aliphatic carbocycles. The van der Waals surface area contributed by atoms with E-state index in [0.717, 1.165) is 16.0 Å². The molecule has 7 heteroatoms. The molecular weight excluding hydrogens is 514 g/mol. The highest BCUT2D eigenvalue weighted by Gasteiger charge is 2.41. The number of halogens is 1. The fourth-order valence-electron chi connectivity index (χ4n) is 4.62. The zero-order valence-electron chi connectivity index (χ0n) is 22.4. The number of benzene rings is 3. The number of imide groups is 1. The van der Waals surface area contributed by atoms with Crippen molar-refractivity contribution < 1.29 is 23.9 Å². The molecule has 6 nitrogen and oxygen atoms in total. The first-order chi connectivity index (χ1) is 18.5. The van der Waals surface area contributed by atoms with Gasteiger partial charge in [0.25, 0.3) is 5.91 Å². The molecule has 0 saturated carbocycles. The molecule has 0 radical (unpaired) electrons. The summed E-state index contributed by atoms with van der Waals surface area (Å²) in [6.45, 7) is 9.29. The minimum atomic E-state index is -0.793. The van der Waals surface area contributed by atoms with Crippen molar-refractivity contribution >= 4 is 46.4 Å². The summed E-state index contributed by atoms with van der Waals surface area (Å²) in [6.07, 6.45) is -0.521. The Bertz CT molecular complexity index is 1450. The predicted molar refractivity (Wildman–Crippen MR) is 153 cm³/mol. The molecule has 3 aromatic carbocycles. The summed E-state index contributed by atoms with van der Waals surface area (Å²) in [6, 6.07) is 23.7. The molecule has 4 rings (SSSR count). The van der Waals surface area contributed by atoms with Gasteiger partial charge in [-0.2, -0.15) is 0 Å². The summed E-state index contributed by atoms with van der Waals surface area (Å²) in [7, 11) is 1.30. The van der Waals surface area contributed by atoms with Gasteiger partial charge in [-0.3, -0.25) is 4.79 Å². The molecular formula is C32H30ClNO5. The molecule has 1 atom stereocenters. The lowest BCUT2D eigenvalue weighted by Crippen LogP contribution is -2.38. The number of carbonyl (C=O) groups is 3. The number of anilines is 1. The normalized spacial score (nSPS) is 14.9. The minimum absolute atomic E-state index is 0.233. The average Bonchev–Trinajstić information content (AvgIpc) is 3.20. The topological polar surface area (TPSA) is 72.9 Å². The Hall–Kier alpha value is -4.16. The Morgan fingerprint density at radius 2 is 1.56 bits per heavy atom.